The van der Waals surface area contributed by atoms with Gasteiger partial charge in [-0.15, -0.1) is 0 Å². The molecule has 1 amide bonds. The molecule has 0 bridgehead atoms. The van der Waals surface area contributed by atoms with Crippen LogP contribution >= 0.6 is 0 Å². The molecular weight excluding hydrogens is 376 g/mol. The van der Waals surface area contributed by atoms with E-state index in [1.165, 1.54) is 6.92 Å². The Bertz CT molecular complexity index is 513. The SMILES string of the molecule is CCOC(=O)C(F)(F)[C@H](CCO[Si](C)(C)C(C)(C)C)NC(=O)OC(C)(C)C. The van der Waals surface area contributed by atoms with E-state index in [2.05, 4.69) is 10.1 Å². The zero-order chi connectivity index (χ0) is 21.7. The fourth-order valence-electron chi connectivity index (χ4n) is 1.81. The van der Waals surface area contributed by atoms with Crippen molar-refractivity contribution in [3.05, 3.63) is 0 Å². The second kappa shape index (κ2) is 9.32. The topological polar surface area (TPSA) is 73.9 Å². The van der Waals surface area contributed by atoms with Crippen LogP contribution in [0.4, 0.5) is 13.6 Å². The summed E-state index contributed by atoms with van der Waals surface area (Å²) in [6.45, 7) is 16.2. The minimum Gasteiger partial charge on any atom is -0.461 e. The summed E-state index contributed by atoms with van der Waals surface area (Å²) >= 11 is 0. The van der Waals surface area contributed by atoms with Gasteiger partial charge in [0.15, 0.2) is 8.32 Å². The third-order valence-electron chi connectivity index (χ3n) is 4.35. The smallest absolute Gasteiger partial charge is 0.408 e. The zero-order valence-electron chi connectivity index (χ0n) is 18.0. The highest BCUT2D eigenvalue weighted by molar-refractivity contribution is 6.74. The highest BCUT2D eigenvalue weighted by Crippen LogP contribution is 2.36. The van der Waals surface area contributed by atoms with Gasteiger partial charge in [-0.3, -0.25) is 0 Å². The number of esters is 1. The Morgan fingerprint density at radius 3 is 2.00 bits per heavy atom. The van der Waals surface area contributed by atoms with Crippen molar-refractivity contribution >= 4 is 20.4 Å². The van der Waals surface area contributed by atoms with Gasteiger partial charge in [0, 0.05) is 6.61 Å². The summed E-state index contributed by atoms with van der Waals surface area (Å²) < 4.78 is 44.5. The zero-order valence-corrected chi connectivity index (χ0v) is 19.0. The Morgan fingerprint density at radius 1 is 1.07 bits per heavy atom. The van der Waals surface area contributed by atoms with Crippen LogP contribution in [0.2, 0.25) is 18.1 Å². The normalized spacial score (nSPS) is 14.5. The number of carbonyl (C=O) groups is 2. The van der Waals surface area contributed by atoms with Crippen LogP contribution in [0.3, 0.4) is 0 Å². The molecule has 0 unspecified atom stereocenters. The summed E-state index contributed by atoms with van der Waals surface area (Å²) in [7, 11) is -2.16. The third-order valence-corrected chi connectivity index (χ3v) is 8.89. The number of rotatable bonds is 8. The number of hydrogen-bond acceptors (Lipinski definition) is 5. The molecule has 0 fully saturated rings. The molecule has 27 heavy (non-hydrogen) atoms. The minimum atomic E-state index is -3.90. The van der Waals surface area contributed by atoms with Crippen LogP contribution in [0.25, 0.3) is 0 Å². The second-order valence-electron chi connectivity index (χ2n) is 8.94. The van der Waals surface area contributed by atoms with E-state index in [9.17, 15) is 18.4 Å². The number of alkyl halides is 2. The van der Waals surface area contributed by atoms with Gasteiger partial charge in [0.2, 0.25) is 0 Å². The first-order chi connectivity index (χ1) is 11.9. The van der Waals surface area contributed by atoms with Gasteiger partial charge < -0.3 is 19.2 Å². The maximum absolute atomic E-state index is 14.5. The number of nitrogens with one attached hydrogen (secondary N) is 1. The molecule has 1 atom stereocenters. The number of amides is 1. The first-order valence-electron chi connectivity index (χ1n) is 9.12. The van der Waals surface area contributed by atoms with Crippen LogP contribution in [-0.2, 0) is 18.7 Å². The summed E-state index contributed by atoms with van der Waals surface area (Å²) in [5, 5.41) is 2.01. The van der Waals surface area contributed by atoms with Crippen molar-refractivity contribution in [1.29, 1.82) is 0 Å². The largest absolute Gasteiger partial charge is 0.461 e. The maximum Gasteiger partial charge on any atom is 0.408 e. The van der Waals surface area contributed by atoms with E-state index < -0.39 is 37.9 Å². The Kier molecular flexibility index (Phi) is 8.89. The quantitative estimate of drug-likeness (QED) is 0.470. The molecule has 0 radical (unpaired) electrons. The fourth-order valence-corrected chi connectivity index (χ4v) is 2.87. The molecule has 0 aliphatic heterocycles. The predicted octanol–water partition coefficient (Wildman–Crippen LogP) is 4.49. The van der Waals surface area contributed by atoms with Crippen LogP contribution in [0, 0.1) is 0 Å². The fraction of sp³-hybridized carbons (Fsp3) is 0.889. The number of halogens is 2. The van der Waals surface area contributed by atoms with E-state index in [0.29, 0.717) is 0 Å². The average molecular weight is 412 g/mol. The van der Waals surface area contributed by atoms with Gasteiger partial charge in [-0.2, -0.15) is 8.78 Å². The number of alkyl carbamates (subject to hydrolysis) is 1. The van der Waals surface area contributed by atoms with Crippen molar-refractivity contribution in [2.45, 2.75) is 90.6 Å². The molecular formula is C18H35F2NO5Si. The molecule has 9 heteroatoms. The van der Waals surface area contributed by atoms with Crippen LogP contribution in [0.1, 0.15) is 54.9 Å². The molecule has 0 rings (SSSR count). The first-order valence-corrected chi connectivity index (χ1v) is 12.0. The lowest BCUT2D eigenvalue weighted by Gasteiger charge is -2.37. The Hall–Kier alpha value is -1.22. The lowest BCUT2D eigenvalue weighted by atomic mass is 10.1. The van der Waals surface area contributed by atoms with Crippen LogP contribution < -0.4 is 5.32 Å². The summed E-state index contributed by atoms with van der Waals surface area (Å²) in [6, 6.07) is -1.80. The summed E-state index contributed by atoms with van der Waals surface area (Å²) in [4.78, 5) is 23.7. The van der Waals surface area contributed by atoms with E-state index in [0.717, 1.165) is 0 Å². The molecule has 0 aliphatic carbocycles. The van der Waals surface area contributed by atoms with Crippen molar-refractivity contribution < 1.29 is 32.3 Å². The monoisotopic (exact) mass is 411 g/mol. The lowest BCUT2D eigenvalue weighted by molar-refractivity contribution is -0.176. The summed E-state index contributed by atoms with van der Waals surface area (Å²) in [6.07, 6.45) is -1.28. The van der Waals surface area contributed by atoms with Crippen molar-refractivity contribution in [3.8, 4) is 0 Å². The van der Waals surface area contributed by atoms with E-state index in [1.54, 1.807) is 20.8 Å². The van der Waals surface area contributed by atoms with Gasteiger partial charge in [-0.05, 0) is 52.2 Å². The summed E-state index contributed by atoms with van der Waals surface area (Å²) in [5.74, 6) is -5.58. The second-order valence-corrected chi connectivity index (χ2v) is 13.7. The highest BCUT2D eigenvalue weighted by Gasteiger charge is 2.50. The molecule has 0 heterocycles. The Labute approximate surface area is 162 Å². The number of ether oxygens (including phenoxy) is 2. The highest BCUT2D eigenvalue weighted by atomic mass is 28.4. The standard InChI is InChI=1S/C18H35F2NO5Si/c1-10-24-14(22)18(19,20)13(21-15(23)26-16(2,3)4)11-12-25-27(8,9)17(5,6)7/h13H,10-12H2,1-9H3,(H,21,23)/t13-/m0/s1. The molecule has 0 aliphatic rings. The van der Waals surface area contributed by atoms with Crippen molar-refractivity contribution in [2.75, 3.05) is 13.2 Å². The molecule has 6 nitrogen and oxygen atoms in total. The van der Waals surface area contributed by atoms with Gasteiger partial charge in [0.05, 0.1) is 6.61 Å². The molecule has 0 spiro atoms. The molecule has 0 saturated heterocycles. The van der Waals surface area contributed by atoms with Gasteiger partial charge in [0.1, 0.15) is 11.6 Å². The van der Waals surface area contributed by atoms with E-state index in [1.807, 2.05) is 33.9 Å². The first kappa shape index (κ1) is 25.8. The predicted molar refractivity (Wildman–Crippen MR) is 103 cm³/mol. The molecule has 160 valence electrons. The van der Waals surface area contributed by atoms with Gasteiger partial charge >= 0.3 is 18.0 Å². The summed E-state index contributed by atoms with van der Waals surface area (Å²) in [5.41, 5.74) is -0.856. The van der Waals surface area contributed by atoms with Crippen molar-refractivity contribution in [3.63, 3.8) is 0 Å². The number of hydrogen-bond donors (Lipinski definition) is 1. The lowest BCUT2D eigenvalue weighted by Crippen LogP contribution is -2.54. The average Bonchev–Trinajstić information content (AvgIpc) is 2.42. The molecule has 1 N–H and O–H groups in total. The Balaban J connectivity index is 5.25. The van der Waals surface area contributed by atoms with Crippen LogP contribution in [-0.4, -0.2) is 51.2 Å². The van der Waals surface area contributed by atoms with Gasteiger partial charge in [-0.1, -0.05) is 20.8 Å². The van der Waals surface area contributed by atoms with E-state index >= 15 is 0 Å². The molecule has 0 saturated carbocycles. The van der Waals surface area contributed by atoms with Crippen LogP contribution in [0.15, 0.2) is 0 Å². The van der Waals surface area contributed by atoms with Gasteiger partial charge in [0.25, 0.3) is 0 Å². The Morgan fingerprint density at radius 2 is 1.59 bits per heavy atom. The van der Waals surface area contributed by atoms with E-state index in [4.69, 9.17) is 9.16 Å². The number of carbonyl (C=O) groups excluding carboxylic acids is 2. The van der Waals surface area contributed by atoms with Crippen molar-refractivity contribution in [1.82, 2.24) is 5.32 Å². The van der Waals surface area contributed by atoms with Crippen molar-refractivity contribution in [2.24, 2.45) is 0 Å². The molecule has 0 aromatic rings. The van der Waals surface area contributed by atoms with Gasteiger partial charge in [-0.25, -0.2) is 9.59 Å². The van der Waals surface area contributed by atoms with E-state index in [-0.39, 0.29) is 24.7 Å². The minimum absolute atomic E-state index is 0.0219. The molecule has 0 aromatic carbocycles. The van der Waals surface area contributed by atoms with Crippen LogP contribution in [0.5, 0.6) is 0 Å². The third kappa shape index (κ3) is 8.55. The maximum atomic E-state index is 14.5. The molecule has 0 aromatic heterocycles.